The Kier molecular flexibility index (Phi) is 5.38. The van der Waals surface area contributed by atoms with E-state index in [1.807, 2.05) is 0 Å². The topological polar surface area (TPSA) is 29.5 Å². The van der Waals surface area contributed by atoms with Crippen molar-refractivity contribution in [2.45, 2.75) is 26.3 Å². The van der Waals surface area contributed by atoms with Gasteiger partial charge in [-0.25, -0.2) is 4.39 Å². The van der Waals surface area contributed by atoms with E-state index in [0.717, 1.165) is 19.4 Å². The highest BCUT2D eigenvalue weighted by molar-refractivity contribution is 6.31. The van der Waals surface area contributed by atoms with Crippen molar-refractivity contribution >= 4 is 17.6 Å². The third-order valence-corrected chi connectivity index (χ3v) is 3.92. The molecule has 0 spiro atoms. The SMILES string of the molecule is CCOC(=O)[C@H]1CCCN(Cc2c(F)cccc2Cl)C1. The van der Waals surface area contributed by atoms with E-state index in [2.05, 4.69) is 4.90 Å². The molecule has 0 bridgehead atoms. The maximum Gasteiger partial charge on any atom is 0.310 e. The van der Waals surface area contributed by atoms with Crippen molar-refractivity contribution in [1.29, 1.82) is 0 Å². The molecular weight excluding hydrogens is 281 g/mol. The molecule has 0 saturated carbocycles. The van der Waals surface area contributed by atoms with Crippen LogP contribution in [0, 0.1) is 11.7 Å². The van der Waals surface area contributed by atoms with Gasteiger partial charge in [0.15, 0.2) is 0 Å². The monoisotopic (exact) mass is 299 g/mol. The van der Waals surface area contributed by atoms with Gasteiger partial charge in [0.1, 0.15) is 5.82 Å². The van der Waals surface area contributed by atoms with E-state index < -0.39 is 0 Å². The lowest BCUT2D eigenvalue weighted by Gasteiger charge is -2.31. The highest BCUT2D eigenvalue weighted by atomic mass is 35.5. The van der Waals surface area contributed by atoms with E-state index >= 15 is 0 Å². The van der Waals surface area contributed by atoms with E-state index in [1.54, 1.807) is 19.1 Å². The first-order valence-electron chi connectivity index (χ1n) is 6.93. The highest BCUT2D eigenvalue weighted by Crippen LogP contribution is 2.24. The minimum absolute atomic E-state index is 0.116. The number of hydrogen-bond donors (Lipinski definition) is 0. The number of nitrogens with zero attached hydrogens (tertiary/aromatic N) is 1. The molecule has 2 rings (SSSR count). The van der Waals surface area contributed by atoms with Crippen molar-refractivity contribution in [2.75, 3.05) is 19.7 Å². The minimum atomic E-state index is -0.296. The van der Waals surface area contributed by atoms with Gasteiger partial charge in [0.2, 0.25) is 0 Å². The molecule has 1 fully saturated rings. The number of ether oxygens (including phenoxy) is 1. The average Bonchev–Trinajstić information content (AvgIpc) is 2.44. The number of esters is 1. The van der Waals surface area contributed by atoms with Gasteiger partial charge >= 0.3 is 5.97 Å². The van der Waals surface area contributed by atoms with E-state index in [4.69, 9.17) is 16.3 Å². The fourth-order valence-corrected chi connectivity index (χ4v) is 2.78. The molecule has 1 aliphatic heterocycles. The molecule has 1 aliphatic rings. The van der Waals surface area contributed by atoms with Crippen molar-refractivity contribution in [3.05, 3.63) is 34.6 Å². The van der Waals surface area contributed by atoms with Crippen LogP contribution in [-0.4, -0.2) is 30.6 Å². The van der Waals surface area contributed by atoms with E-state index in [1.165, 1.54) is 6.07 Å². The van der Waals surface area contributed by atoms with Gasteiger partial charge in [-0.1, -0.05) is 17.7 Å². The zero-order valence-electron chi connectivity index (χ0n) is 11.6. The average molecular weight is 300 g/mol. The molecule has 1 aromatic carbocycles. The van der Waals surface area contributed by atoms with Crippen molar-refractivity contribution < 1.29 is 13.9 Å². The molecular formula is C15H19ClFNO2. The lowest BCUT2D eigenvalue weighted by molar-refractivity contribution is -0.150. The second-order valence-electron chi connectivity index (χ2n) is 5.03. The van der Waals surface area contributed by atoms with Gasteiger partial charge in [0, 0.05) is 23.7 Å². The van der Waals surface area contributed by atoms with Gasteiger partial charge in [-0.3, -0.25) is 9.69 Å². The summed E-state index contributed by atoms with van der Waals surface area (Å²) in [5.74, 6) is -0.568. The fraction of sp³-hybridized carbons (Fsp3) is 0.533. The minimum Gasteiger partial charge on any atom is -0.466 e. The Hall–Kier alpha value is -1.13. The largest absolute Gasteiger partial charge is 0.466 e. The predicted octanol–water partition coefficient (Wildman–Crippen LogP) is 3.25. The summed E-state index contributed by atoms with van der Waals surface area (Å²) in [5.41, 5.74) is 0.499. The predicted molar refractivity (Wildman–Crippen MR) is 76.0 cm³/mol. The smallest absolute Gasteiger partial charge is 0.310 e. The van der Waals surface area contributed by atoms with Crippen molar-refractivity contribution in [3.8, 4) is 0 Å². The molecule has 0 aromatic heterocycles. The zero-order chi connectivity index (χ0) is 14.5. The van der Waals surface area contributed by atoms with Gasteiger partial charge in [-0.05, 0) is 38.4 Å². The Morgan fingerprint density at radius 3 is 3.05 bits per heavy atom. The summed E-state index contributed by atoms with van der Waals surface area (Å²) in [6.45, 7) is 4.08. The van der Waals surface area contributed by atoms with Gasteiger partial charge in [0.05, 0.1) is 12.5 Å². The normalized spacial score (nSPS) is 19.9. The number of halogens is 2. The second-order valence-corrected chi connectivity index (χ2v) is 5.43. The number of piperidine rings is 1. The van der Waals surface area contributed by atoms with Crippen LogP contribution in [0.25, 0.3) is 0 Å². The van der Waals surface area contributed by atoms with Crippen molar-refractivity contribution in [1.82, 2.24) is 4.90 Å². The number of likely N-dealkylation sites (tertiary alicyclic amines) is 1. The molecule has 110 valence electrons. The standard InChI is InChI=1S/C15H19ClFNO2/c1-2-20-15(19)11-5-4-8-18(9-11)10-12-13(16)6-3-7-14(12)17/h3,6-7,11H,2,4-5,8-10H2,1H3/t11-/m0/s1. The van der Waals surface area contributed by atoms with Crippen LogP contribution in [0.15, 0.2) is 18.2 Å². The molecule has 0 aliphatic carbocycles. The van der Waals surface area contributed by atoms with Crippen LogP contribution in [-0.2, 0) is 16.1 Å². The molecule has 1 aromatic rings. The quantitative estimate of drug-likeness (QED) is 0.799. The number of hydrogen-bond acceptors (Lipinski definition) is 3. The van der Waals surface area contributed by atoms with E-state index in [0.29, 0.717) is 30.3 Å². The Morgan fingerprint density at radius 2 is 2.35 bits per heavy atom. The van der Waals surface area contributed by atoms with Gasteiger partial charge in [0.25, 0.3) is 0 Å². The zero-order valence-corrected chi connectivity index (χ0v) is 12.3. The Bertz CT molecular complexity index is 461. The van der Waals surface area contributed by atoms with Crippen LogP contribution in [0.3, 0.4) is 0 Å². The summed E-state index contributed by atoms with van der Waals surface area (Å²) in [6.07, 6.45) is 1.75. The summed E-state index contributed by atoms with van der Waals surface area (Å²) in [6, 6.07) is 4.69. The van der Waals surface area contributed by atoms with Crippen molar-refractivity contribution in [2.24, 2.45) is 5.92 Å². The van der Waals surface area contributed by atoms with Crippen LogP contribution >= 0.6 is 11.6 Å². The first-order chi connectivity index (χ1) is 9.61. The van der Waals surface area contributed by atoms with Crippen LogP contribution in [0.2, 0.25) is 5.02 Å². The maximum atomic E-state index is 13.8. The molecule has 0 unspecified atom stereocenters. The van der Waals surface area contributed by atoms with E-state index in [9.17, 15) is 9.18 Å². The van der Waals surface area contributed by atoms with Crippen LogP contribution in [0.5, 0.6) is 0 Å². The summed E-state index contributed by atoms with van der Waals surface area (Å²) < 4.78 is 18.8. The lowest BCUT2D eigenvalue weighted by Crippen LogP contribution is -2.39. The first kappa shape index (κ1) is 15.3. The molecule has 1 saturated heterocycles. The maximum absolute atomic E-state index is 13.8. The third kappa shape index (κ3) is 3.70. The van der Waals surface area contributed by atoms with Crippen LogP contribution in [0.4, 0.5) is 4.39 Å². The van der Waals surface area contributed by atoms with Gasteiger partial charge in [-0.15, -0.1) is 0 Å². The summed E-state index contributed by atoms with van der Waals surface area (Å²) in [7, 11) is 0. The fourth-order valence-electron chi connectivity index (χ4n) is 2.56. The lowest BCUT2D eigenvalue weighted by atomic mass is 9.97. The number of carbonyl (C=O) groups is 1. The van der Waals surface area contributed by atoms with Gasteiger partial charge < -0.3 is 4.74 Å². The molecule has 0 radical (unpaired) electrons. The molecule has 0 amide bonds. The number of rotatable bonds is 4. The highest BCUT2D eigenvalue weighted by Gasteiger charge is 2.27. The molecule has 5 heteroatoms. The summed E-state index contributed by atoms with van der Waals surface area (Å²) in [5, 5.41) is 0.434. The molecule has 0 N–H and O–H groups in total. The Morgan fingerprint density at radius 1 is 1.55 bits per heavy atom. The summed E-state index contributed by atoms with van der Waals surface area (Å²) in [4.78, 5) is 13.8. The molecule has 20 heavy (non-hydrogen) atoms. The second kappa shape index (κ2) is 7.04. The Labute approximate surface area is 123 Å². The van der Waals surface area contributed by atoms with Crippen LogP contribution in [0.1, 0.15) is 25.3 Å². The number of carbonyl (C=O) groups excluding carboxylic acids is 1. The molecule has 1 heterocycles. The van der Waals surface area contributed by atoms with Crippen molar-refractivity contribution in [3.63, 3.8) is 0 Å². The first-order valence-corrected chi connectivity index (χ1v) is 7.31. The van der Waals surface area contributed by atoms with Gasteiger partial charge in [-0.2, -0.15) is 0 Å². The Balaban J connectivity index is 2.01. The molecule has 3 nitrogen and oxygen atoms in total. The summed E-state index contributed by atoms with van der Waals surface area (Å²) >= 11 is 6.04. The number of benzene rings is 1. The molecule has 1 atom stereocenters. The van der Waals surface area contributed by atoms with E-state index in [-0.39, 0.29) is 17.7 Å². The third-order valence-electron chi connectivity index (χ3n) is 3.57. The van der Waals surface area contributed by atoms with Crippen LogP contribution < -0.4 is 0 Å².